The van der Waals surface area contributed by atoms with Crippen molar-refractivity contribution in [2.24, 2.45) is 0 Å². The number of piperidine rings is 1. The van der Waals surface area contributed by atoms with E-state index in [0.29, 0.717) is 39.1 Å². The molecule has 1 amide bonds. The molecule has 4 rings (SSSR count). The van der Waals surface area contributed by atoms with Crippen molar-refractivity contribution in [2.75, 3.05) is 26.3 Å². The molecule has 2 fully saturated rings. The molecule has 1 aromatic heterocycles. The van der Waals surface area contributed by atoms with Gasteiger partial charge in [-0.1, -0.05) is 23.4 Å². The third-order valence-corrected chi connectivity index (χ3v) is 6.33. The number of nitrogens with zero attached hydrogens (tertiary/aromatic N) is 3. The Morgan fingerprint density at radius 2 is 1.78 bits per heavy atom. The predicted molar refractivity (Wildman–Crippen MR) is 91.4 cm³/mol. The van der Waals surface area contributed by atoms with Crippen LogP contribution >= 0.6 is 0 Å². The highest BCUT2D eigenvalue weighted by atomic mass is 32.2. The largest absolute Gasteiger partial charge is 0.347 e. The van der Waals surface area contributed by atoms with E-state index in [-0.39, 0.29) is 16.6 Å². The molecule has 1 spiro atoms. The summed E-state index contributed by atoms with van der Waals surface area (Å²) in [6, 6.07) is 8.00. The maximum atomic E-state index is 12.6. The molecular weight excluding hydrogens is 374 g/mol. The summed E-state index contributed by atoms with van der Waals surface area (Å²) in [5.41, 5.74) is 0. The average Bonchev–Trinajstić information content (AvgIpc) is 3.32. The van der Waals surface area contributed by atoms with Crippen LogP contribution in [0, 0.1) is 0 Å². The third kappa shape index (κ3) is 3.73. The minimum absolute atomic E-state index is 0.0434. The normalized spacial score (nSPS) is 19.5. The molecule has 0 radical (unpaired) electrons. The maximum Gasteiger partial charge on any atom is 0.316 e. The number of ether oxygens (including phenoxy) is 2. The van der Waals surface area contributed by atoms with E-state index < -0.39 is 27.3 Å². The van der Waals surface area contributed by atoms with Gasteiger partial charge in [0.15, 0.2) is 21.4 Å². The van der Waals surface area contributed by atoms with Crippen LogP contribution in [-0.2, 0) is 25.1 Å². The Morgan fingerprint density at radius 3 is 2.44 bits per heavy atom. The lowest BCUT2D eigenvalue weighted by atomic mass is 10.0. The van der Waals surface area contributed by atoms with Crippen molar-refractivity contribution >= 4 is 15.7 Å². The maximum absolute atomic E-state index is 12.6. The molecule has 0 bridgehead atoms. The van der Waals surface area contributed by atoms with Crippen molar-refractivity contribution in [3.05, 3.63) is 42.0 Å². The van der Waals surface area contributed by atoms with Crippen LogP contribution < -0.4 is 0 Å². The quantitative estimate of drug-likeness (QED) is 0.757. The number of carbonyl (C=O) groups is 1. The standard InChI is InChI=1S/C17H19N3O6S/c21-16(20-8-6-17(7-9-20)24-10-11-25-17)15-18-14(19-26-15)12-27(22,23)13-4-2-1-3-5-13/h1-5H,6-12H2. The van der Waals surface area contributed by atoms with Gasteiger partial charge in [-0.05, 0) is 12.1 Å². The summed E-state index contributed by atoms with van der Waals surface area (Å²) >= 11 is 0. The molecule has 144 valence electrons. The summed E-state index contributed by atoms with van der Waals surface area (Å²) in [4.78, 5) is 18.3. The molecule has 0 aliphatic carbocycles. The molecule has 10 heteroatoms. The number of rotatable bonds is 4. The average molecular weight is 393 g/mol. The number of hydrogen-bond donors (Lipinski definition) is 0. The summed E-state index contributed by atoms with van der Waals surface area (Å²) in [5, 5.41) is 3.65. The van der Waals surface area contributed by atoms with E-state index >= 15 is 0 Å². The van der Waals surface area contributed by atoms with E-state index in [1.165, 1.54) is 12.1 Å². The van der Waals surface area contributed by atoms with Crippen molar-refractivity contribution in [3.63, 3.8) is 0 Å². The van der Waals surface area contributed by atoms with Gasteiger partial charge in [-0.25, -0.2) is 8.42 Å². The molecule has 2 aromatic rings. The minimum atomic E-state index is -3.61. The Hall–Kier alpha value is -2.30. The summed E-state index contributed by atoms with van der Waals surface area (Å²) in [6.07, 6.45) is 1.14. The second-order valence-electron chi connectivity index (χ2n) is 6.49. The highest BCUT2D eigenvalue weighted by molar-refractivity contribution is 7.90. The van der Waals surface area contributed by atoms with Gasteiger partial charge < -0.3 is 18.9 Å². The summed E-state index contributed by atoms with van der Waals surface area (Å²) in [7, 11) is -3.61. The zero-order chi connectivity index (χ0) is 18.9. The van der Waals surface area contributed by atoms with Gasteiger partial charge in [-0.3, -0.25) is 4.79 Å². The van der Waals surface area contributed by atoms with Crippen LogP contribution in [0.25, 0.3) is 0 Å². The second-order valence-corrected chi connectivity index (χ2v) is 8.48. The second kappa shape index (κ2) is 7.02. The van der Waals surface area contributed by atoms with Crippen LogP contribution in [0.1, 0.15) is 29.4 Å². The molecule has 2 saturated heterocycles. The first-order chi connectivity index (χ1) is 13.0. The van der Waals surface area contributed by atoms with Crippen LogP contribution in [0.5, 0.6) is 0 Å². The molecule has 0 N–H and O–H groups in total. The van der Waals surface area contributed by atoms with Crippen LogP contribution in [0.3, 0.4) is 0 Å². The van der Waals surface area contributed by atoms with Crippen molar-refractivity contribution in [1.82, 2.24) is 15.0 Å². The number of sulfone groups is 1. The Morgan fingerprint density at radius 1 is 1.11 bits per heavy atom. The fourth-order valence-electron chi connectivity index (χ4n) is 3.25. The molecule has 2 aliphatic heterocycles. The first-order valence-electron chi connectivity index (χ1n) is 8.65. The third-order valence-electron chi connectivity index (χ3n) is 4.70. The highest BCUT2D eigenvalue weighted by Crippen LogP contribution is 2.31. The Balaban J connectivity index is 1.41. The zero-order valence-electron chi connectivity index (χ0n) is 14.5. The van der Waals surface area contributed by atoms with E-state index in [1.807, 2.05) is 0 Å². The summed E-state index contributed by atoms with van der Waals surface area (Å²) in [5.74, 6) is -1.69. The lowest BCUT2D eigenvalue weighted by Crippen LogP contribution is -2.47. The van der Waals surface area contributed by atoms with Crippen molar-refractivity contribution in [2.45, 2.75) is 29.3 Å². The predicted octanol–water partition coefficient (Wildman–Crippen LogP) is 1.02. The fourth-order valence-corrected chi connectivity index (χ4v) is 4.45. The van der Waals surface area contributed by atoms with Gasteiger partial charge in [-0.2, -0.15) is 4.98 Å². The lowest BCUT2D eigenvalue weighted by Gasteiger charge is -2.36. The highest BCUT2D eigenvalue weighted by Gasteiger charge is 2.41. The van der Waals surface area contributed by atoms with Crippen molar-refractivity contribution in [3.8, 4) is 0 Å². The molecule has 2 aliphatic rings. The van der Waals surface area contributed by atoms with E-state index in [2.05, 4.69) is 10.1 Å². The Bertz CT molecular complexity index is 911. The van der Waals surface area contributed by atoms with Gasteiger partial charge in [0, 0.05) is 25.9 Å². The number of benzene rings is 1. The smallest absolute Gasteiger partial charge is 0.316 e. The number of hydrogen-bond acceptors (Lipinski definition) is 8. The van der Waals surface area contributed by atoms with Crippen LogP contribution in [0.4, 0.5) is 0 Å². The van der Waals surface area contributed by atoms with Gasteiger partial charge in [0.1, 0.15) is 5.75 Å². The summed E-state index contributed by atoms with van der Waals surface area (Å²) in [6.45, 7) is 2.02. The molecule has 1 aromatic carbocycles. The number of aromatic nitrogens is 2. The number of amides is 1. The summed E-state index contributed by atoms with van der Waals surface area (Å²) < 4.78 is 41.0. The van der Waals surface area contributed by atoms with Gasteiger partial charge in [0.05, 0.1) is 18.1 Å². The SMILES string of the molecule is O=C(c1nc(CS(=O)(=O)c2ccccc2)no1)N1CCC2(CC1)OCCO2. The van der Waals surface area contributed by atoms with Crippen LogP contribution in [0.15, 0.2) is 39.8 Å². The molecule has 9 nitrogen and oxygen atoms in total. The number of likely N-dealkylation sites (tertiary alicyclic amines) is 1. The van der Waals surface area contributed by atoms with E-state index in [1.54, 1.807) is 23.1 Å². The van der Waals surface area contributed by atoms with E-state index in [9.17, 15) is 13.2 Å². The zero-order valence-corrected chi connectivity index (χ0v) is 15.4. The van der Waals surface area contributed by atoms with Crippen LogP contribution in [-0.4, -0.2) is 61.5 Å². The van der Waals surface area contributed by atoms with E-state index in [4.69, 9.17) is 14.0 Å². The molecular formula is C17H19N3O6S. The topological polar surface area (TPSA) is 112 Å². The van der Waals surface area contributed by atoms with E-state index in [0.717, 1.165) is 0 Å². The molecule has 0 saturated carbocycles. The minimum Gasteiger partial charge on any atom is -0.347 e. The molecule has 3 heterocycles. The molecule has 27 heavy (non-hydrogen) atoms. The van der Waals surface area contributed by atoms with Crippen LogP contribution in [0.2, 0.25) is 0 Å². The lowest BCUT2D eigenvalue weighted by molar-refractivity contribution is -0.181. The molecule has 0 atom stereocenters. The van der Waals surface area contributed by atoms with Gasteiger partial charge >= 0.3 is 11.8 Å². The Kier molecular flexibility index (Phi) is 4.70. The monoisotopic (exact) mass is 393 g/mol. The van der Waals surface area contributed by atoms with Gasteiger partial charge in [0.25, 0.3) is 0 Å². The van der Waals surface area contributed by atoms with Crippen molar-refractivity contribution in [1.29, 1.82) is 0 Å². The van der Waals surface area contributed by atoms with Crippen molar-refractivity contribution < 1.29 is 27.2 Å². The number of carbonyl (C=O) groups excluding carboxylic acids is 1. The first kappa shape index (κ1) is 18.1. The fraction of sp³-hybridized carbons (Fsp3) is 0.471. The van der Waals surface area contributed by atoms with Gasteiger partial charge in [0.2, 0.25) is 0 Å². The Labute approximate surface area is 156 Å². The molecule has 0 unspecified atom stereocenters. The first-order valence-corrected chi connectivity index (χ1v) is 10.3. The van der Waals surface area contributed by atoms with Gasteiger partial charge in [-0.15, -0.1) is 0 Å².